The quantitative estimate of drug-likeness (QED) is 0.493. The minimum absolute atomic E-state index is 0.0254. The number of tetrazole rings is 1. The summed E-state index contributed by atoms with van der Waals surface area (Å²) >= 11 is 0. The molecule has 0 bridgehead atoms. The fourth-order valence-electron chi connectivity index (χ4n) is 4.75. The predicted octanol–water partition coefficient (Wildman–Crippen LogP) is -1.07. The number of aromatic nitrogens is 4. The van der Waals surface area contributed by atoms with Crippen molar-refractivity contribution in [3.05, 3.63) is 42.2 Å². The molecule has 4 rings (SSSR count). The van der Waals surface area contributed by atoms with Gasteiger partial charge in [-0.15, -0.1) is 5.10 Å². The lowest BCUT2D eigenvalue weighted by atomic mass is 10.0. The lowest BCUT2D eigenvalue weighted by molar-refractivity contribution is -1.02. The van der Waals surface area contributed by atoms with E-state index >= 15 is 0 Å². The Labute approximate surface area is 183 Å². The molecule has 2 N–H and O–H groups in total. The first-order chi connectivity index (χ1) is 15.2. The van der Waals surface area contributed by atoms with Crippen LogP contribution >= 0.6 is 0 Å². The van der Waals surface area contributed by atoms with Crippen LogP contribution in [0.1, 0.15) is 30.3 Å². The van der Waals surface area contributed by atoms with E-state index < -0.39 is 0 Å². The number of ether oxygens (including phenoxy) is 3. The van der Waals surface area contributed by atoms with Gasteiger partial charge in [-0.25, -0.2) is 4.68 Å². The monoisotopic (exact) mass is 430 g/mol. The maximum absolute atomic E-state index is 5.85. The molecule has 3 heterocycles. The van der Waals surface area contributed by atoms with Gasteiger partial charge in [0.25, 0.3) is 0 Å². The summed E-state index contributed by atoms with van der Waals surface area (Å²) < 4.78 is 19.0. The molecule has 0 saturated carbocycles. The molecule has 168 valence electrons. The van der Waals surface area contributed by atoms with Gasteiger partial charge in [-0.1, -0.05) is 6.58 Å². The highest BCUT2D eigenvalue weighted by molar-refractivity contribution is 5.43. The standard InChI is InChI=1S/C22H32N6O3/c1-4-9-26-10-12-27(13-11-26)21(19-8-7-17(29-2)15-20(19)30-3)22-23-24-25-28(22)16-18-6-5-14-31-18/h4,7-8,15,18,21H,1,5-6,9-14,16H2,2-3H3/p+2/t18-,21+/m1/s1. The topological polar surface area (TPSA) is 80.2 Å². The van der Waals surface area contributed by atoms with Gasteiger partial charge in [-0.05, 0) is 41.5 Å². The number of nitrogens with one attached hydrogen (secondary N) is 2. The third kappa shape index (κ3) is 4.89. The van der Waals surface area contributed by atoms with Gasteiger partial charge in [0.1, 0.15) is 37.7 Å². The molecule has 2 atom stereocenters. The first-order valence-electron chi connectivity index (χ1n) is 11.1. The number of benzene rings is 1. The van der Waals surface area contributed by atoms with Gasteiger partial charge in [0.2, 0.25) is 5.82 Å². The van der Waals surface area contributed by atoms with Crippen LogP contribution in [0.2, 0.25) is 0 Å². The summed E-state index contributed by atoms with van der Waals surface area (Å²) in [4.78, 5) is 3.01. The summed E-state index contributed by atoms with van der Waals surface area (Å²) in [6, 6.07) is 5.98. The largest absolute Gasteiger partial charge is 0.497 e. The Bertz CT molecular complexity index is 859. The van der Waals surface area contributed by atoms with Crippen molar-refractivity contribution in [3.63, 3.8) is 0 Å². The highest BCUT2D eigenvalue weighted by atomic mass is 16.5. The van der Waals surface area contributed by atoms with Gasteiger partial charge in [0.05, 0.1) is 39.0 Å². The maximum Gasteiger partial charge on any atom is 0.214 e. The number of rotatable bonds is 9. The Morgan fingerprint density at radius 2 is 2.10 bits per heavy atom. The van der Waals surface area contributed by atoms with E-state index in [1.165, 1.54) is 4.90 Å². The Balaban J connectivity index is 1.67. The number of methoxy groups -OCH3 is 2. The fraction of sp³-hybridized carbons (Fsp3) is 0.591. The number of piperazine rings is 1. The van der Waals surface area contributed by atoms with Crippen molar-refractivity contribution in [2.75, 3.05) is 53.6 Å². The predicted molar refractivity (Wildman–Crippen MR) is 115 cm³/mol. The van der Waals surface area contributed by atoms with Gasteiger partial charge in [-0.2, -0.15) is 0 Å². The first kappa shape index (κ1) is 21.7. The number of hydrogen-bond donors (Lipinski definition) is 2. The number of quaternary nitrogens is 2. The van der Waals surface area contributed by atoms with Crippen LogP contribution in [0, 0.1) is 0 Å². The van der Waals surface area contributed by atoms with Crippen LogP contribution in [0.3, 0.4) is 0 Å². The molecule has 0 unspecified atom stereocenters. The van der Waals surface area contributed by atoms with Crippen LogP contribution in [-0.2, 0) is 11.3 Å². The molecule has 2 saturated heterocycles. The van der Waals surface area contributed by atoms with Gasteiger partial charge in [0.15, 0.2) is 6.04 Å². The molecule has 9 heteroatoms. The normalized spacial score (nSPS) is 24.6. The molecule has 2 aliphatic rings. The summed E-state index contributed by atoms with van der Waals surface area (Å²) in [6.45, 7) is 10.6. The lowest BCUT2D eigenvalue weighted by Crippen LogP contribution is -3.28. The van der Waals surface area contributed by atoms with E-state index in [4.69, 9.17) is 14.2 Å². The third-order valence-electron chi connectivity index (χ3n) is 6.41. The molecule has 2 aliphatic heterocycles. The van der Waals surface area contributed by atoms with E-state index in [0.29, 0.717) is 6.54 Å². The zero-order valence-electron chi connectivity index (χ0n) is 18.5. The van der Waals surface area contributed by atoms with Crippen LogP contribution in [0.5, 0.6) is 11.5 Å². The van der Waals surface area contributed by atoms with E-state index in [2.05, 4.69) is 28.2 Å². The molecule has 0 aliphatic carbocycles. The second-order valence-corrected chi connectivity index (χ2v) is 8.30. The smallest absolute Gasteiger partial charge is 0.214 e. The minimum atomic E-state index is -0.0254. The van der Waals surface area contributed by atoms with Crippen molar-refractivity contribution in [1.82, 2.24) is 20.2 Å². The fourth-order valence-corrected chi connectivity index (χ4v) is 4.75. The van der Waals surface area contributed by atoms with Crippen molar-refractivity contribution in [1.29, 1.82) is 0 Å². The molecule has 9 nitrogen and oxygen atoms in total. The molecule has 31 heavy (non-hydrogen) atoms. The van der Waals surface area contributed by atoms with Crippen molar-refractivity contribution in [2.45, 2.75) is 31.5 Å². The van der Waals surface area contributed by atoms with Crippen LogP contribution in [0.25, 0.3) is 0 Å². The first-order valence-corrected chi connectivity index (χ1v) is 11.1. The second kappa shape index (κ2) is 10.2. The Kier molecular flexibility index (Phi) is 7.16. The Morgan fingerprint density at radius 1 is 1.26 bits per heavy atom. The van der Waals surface area contributed by atoms with Crippen molar-refractivity contribution >= 4 is 0 Å². The molecular weight excluding hydrogens is 396 g/mol. The molecule has 1 aromatic carbocycles. The maximum atomic E-state index is 5.85. The molecule has 0 amide bonds. The molecule has 0 spiro atoms. The van der Waals surface area contributed by atoms with Crippen LogP contribution < -0.4 is 19.3 Å². The summed E-state index contributed by atoms with van der Waals surface area (Å²) in [6.07, 6.45) is 4.32. The van der Waals surface area contributed by atoms with E-state index in [1.54, 1.807) is 19.1 Å². The van der Waals surface area contributed by atoms with Gasteiger partial charge < -0.3 is 24.0 Å². The van der Waals surface area contributed by atoms with Crippen LogP contribution in [-0.4, -0.2) is 79.9 Å². The molecular formula is C22H34N6O3+2. The van der Waals surface area contributed by atoms with Crippen molar-refractivity contribution in [3.8, 4) is 11.5 Å². The van der Waals surface area contributed by atoms with E-state index in [1.807, 2.05) is 22.9 Å². The average Bonchev–Trinajstić information content (AvgIpc) is 3.48. The van der Waals surface area contributed by atoms with Crippen molar-refractivity contribution < 1.29 is 24.0 Å². The SMILES string of the molecule is C=CC[NH+]1CC[NH+]([C@@H](c2ccc(OC)cc2OC)c2nnnn2C[C@H]2CCCO2)CC1. The van der Waals surface area contributed by atoms with Gasteiger partial charge in [-0.3, -0.25) is 0 Å². The molecule has 2 aromatic rings. The highest BCUT2D eigenvalue weighted by Gasteiger charge is 2.37. The van der Waals surface area contributed by atoms with Crippen LogP contribution in [0.15, 0.2) is 30.9 Å². The minimum Gasteiger partial charge on any atom is -0.497 e. The molecule has 1 aromatic heterocycles. The highest BCUT2D eigenvalue weighted by Crippen LogP contribution is 2.31. The lowest BCUT2D eigenvalue weighted by Gasteiger charge is -2.34. The molecule has 2 fully saturated rings. The van der Waals surface area contributed by atoms with Crippen LogP contribution in [0.4, 0.5) is 0 Å². The van der Waals surface area contributed by atoms with Gasteiger partial charge >= 0.3 is 0 Å². The average molecular weight is 431 g/mol. The third-order valence-corrected chi connectivity index (χ3v) is 6.41. The summed E-state index contributed by atoms with van der Waals surface area (Å²) in [5.41, 5.74) is 1.08. The van der Waals surface area contributed by atoms with E-state index in [-0.39, 0.29) is 12.1 Å². The van der Waals surface area contributed by atoms with Gasteiger partial charge in [0, 0.05) is 12.7 Å². The summed E-state index contributed by atoms with van der Waals surface area (Å²) in [5, 5.41) is 12.9. The number of hydrogen-bond acceptors (Lipinski definition) is 6. The Morgan fingerprint density at radius 3 is 2.77 bits per heavy atom. The summed E-state index contributed by atoms with van der Waals surface area (Å²) in [5.74, 6) is 2.43. The number of nitrogens with zero attached hydrogens (tertiary/aromatic N) is 4. The molecule has 0 radical (unpaired) electrons. The zero-order chi connectivity index (χ0) is 21.6. The van der Waals surface area contributed by atoms with E-state index in [9.17, 15) is 0 Å². The second-order valence-electron chi connectivity index (χ2n) is 8.30. The van der Waals surface area contributed by atoms with Crippen molar-refractivity contribution in [2.24, 2.45) is 0 Å². The Hall–Kier alpha value is -2.49. The summed E-state index contributed by atoms with van der Waals surface area (Å²) in [7, 11) is 3.37. The zero-order valence-corrected chi connectivity index (χ0v) is 18.5. The van der Waals surface area contributed by atoms with E-state index in [0.717, 1.165) is 75.1 Å².